The summed E-state index contributed by atoms with van der Waals surface area (Å²) in [7, 11) is 0. The highest BCUT2D eigenvalue weighted by atomic mass is 16.2. The predicted octanol–water partition coefficient (Wildman–Crippen LogP) is 3.64. The first-order valence-corrected chi connectivity index (χ1v) is 11.4. The molecule has 2 aliphatic rings. The fraction of sp³-hybridized carbons (Fsp3) is 0.308. The van der Waals surface area contributed by atoms with Gasteiger partial charge in [0.15, 0.2) is 0 Å². The topological polar surface area (TPSA) is 61.3 Å². The van der Waals surface area contributed by atoms with Crippen molar-refractivity contribution in [3.63, 3.8) is 0 Å². The lowest BCUT2D eigenvalue weighted by atomic mass is 9.98. The molecule has 162 valence electrons. The van der Waals surface area contributed by atoms with Crippen LogP contribution in [0.25, 0.3) is 21.8 Å². The van der Waals surface area contributed by atoms with E-state index < -0.39 is 0 Å². The van der Waals surface area contributed by atoms with E-state index in [2.05, 4.69) is 16.0 Å². The van der Waals surface area contributed by atoms with Crippen LogP contribution in [0.15, 0.2) is 71.5 Å². The Bertz CT molecular complexity index is 1360. The molecule has 1 aromatic heterocycles. The van der Waals surface area contributed by atoms with Crippen LogP contribution in [-0.2, 0) is 0 Å². The number of aromatic amines is 1. The van der Waals surface area contributed by atoms with Crippen LogP contribution in [0.3, 0.4) is 0 Å². The number of amides is 1. The van der Waals surface area contributed by atoms with Gasteiger partial charge in [-0.3, -0.25) is 14.3 Å². The Morgan fingerprint density at radius 2 is 1.56 bits per heavy atom. The maximum Gasteiger partial charge on any atom is 0.326 e. The number of carbonyl (C=O) groups excluding carboxylic acids is 1. The zero-order valence-electron chi connectivity index (χ0n) is 17.9. The Balaban J connectivity index is 1.08. The maximum absolute atomic E-state index is 12.9. The molecule has 4 aromatic rings. The number of imidazole rings is 1. The van der Waals surface area contributed by atoms with Gasteiger partial charge in [-0.15, -0.1) is 0 Å². The number of aromatic nitrogens is 2. The highest BCUT2D eigenvalue weighted by molar-refractivity contribution is 5.99. The van der Waals surface area contributed by atoms with Gasteiger partial charge in [-0.2, -0.15) is 0 Å². The molecule has 0 bridgehead atoms. The van der Waals surface area contributed by atoms with Crippen LogP contribution in [0, 0.1) is 0 Å². The SMILES string of the molecule is O=C(c1ccc2ccccc2c1)N1CC(N2CCC(n3c(=O)[nH]c4ccccc43)CC2)C1. The number of rotatable bonds is 3. The van der Waals surface area contributed by atoms with Gasteiger partial charge >= 0.3 is 5.69 Å². The summed E-state index contributed by atoms with van der Waals surface area (Å²) in [6.45, 7) is 3.48. The number of carbonyl (C=O) groups is 1. The Kier molecular flexibility index (Phi) is 4.61. The molecule has 6 heteroatoms. The number of piperidine rings is 1. The van der Waals surface area contributed by atoms with Crippen LogP contribution in [-0.4, -0.2) is 57.5 Å². The number of hydrogen-bond acceptors (Lipinski definition) is 3. The molecule has 0 aliphatic carbocycles. The largest absolute Gasteiger partial charge is 0.335 e. The minimum absolute atomic E-state index is 0.0135. The molecule has 0 radical (unpaired) electrons. The van der Waals surface area contributed by atoms with Crippen LogP contribution in [0.2, 0.25) is 0 Å². The van der Waals surface area contributed by atoms with E-state index in [9.17, 15) is 9.59 Å². The van der Waals surface area contributed by atoms with Crippen LogP contribution in [0.5, 0.6) is 0 Å². The quantitative estimate of drug-likeness (QED) is 0.544. The van der Waals surface area contributed by atoms with Crippen molar-refractivity contribution < 1.29 is 4.79 Å². The summed E-state index contributed by atoms with van der Waals surface area (Å²) in [6, 6.07) is 22.6. The summed E-state index contributed by atoms with van der Waals surface area (Å²) < 4.78 is 1.93. The van der Waals surface area contributed by atoms with E-state index in [1.165, 1.54) is 0 Å². The van der Waals surface area contributed by atoms with Gasteiger partial charge in [0.25, 0.3) is 5.91 Å². The number of hydrogen-bond donors (Lipinski definition) is 1. The molecule has 0 spiro atoms. The zero-order valence-corrected chi connectivity index (χ0v) is 17.9. The summed E-state index contributed by atoms with van der Waals surface area (Å²) >= 11 is 0. The third-order valence-electron chi connectivity index (χ3n) is 7.15. The Morgan fingerprint density at radius 1 is 0.844 bits per heavy atom. The Morgan fingerprint density at radius 3 is 2.38 bits per heavy atom. The van der Waals surface area contributed by atoms with E-state index >= 15 is 0 Å². The molecule has 6 nitrogen and oxygen atoms in total. The third-order valence-corrected chi connectivity index (χ3v) is 7.15. The van der Waals surface area contributed by atoms with Crippen molar-refractivity contribution in [3.05, 3.63) is 82.8 Å². The summed E-state index contributed by atoms with van der Waals surface area (Å²) in [5, 5.41) is 2.26. The summed E-state index contributed by atoms with van der Waals surface area (Å²) in [5.41, 5.74) is 2.65. The van der Waals surface area contributed by atoms with Gasteiger partial charge in [-0.25, -0.2) is 4.79 Å². The molecule has 0 unspecified atom stereocenters. The van der Waals surface area contributed by atoms with Crippen molar-refractivity contribution in [2.24, 2.45) is 0 Å². The zero-order chi connectivity index (χ0) is 21.7. The van der Waals surface area contributed by atoms with Gasteiger partial charge in [-0.1, -0.05) is 42.5 Å². The second-order valence-corrected chi connectivity index (χ2v) is 9.01. The molecular weight excluding hydrogens is 400 g/mol. The standard InChI is InChI=1S/C26H26N4O2/c31-25(20-10-9-18-5-1-2-6-19(18)15-20)29-16-22(17-29)28-13-11-21(12-14-28)30-24-8-4-3-7-23(24)27-26(30)32/h1-10,15,21-22H,11-14,16-17H2,(H,27,32). The van der Waals surface area contributed by atoms with E-state index in [4.69, 9.17) is 0 Å². The maximum atomic E-state index is 12.9. The average molecular weight is 427 g/mol. The first-order chi connectivity index (χ1) is 15.7. The molecule has 2 fully saturated rings. The van der Waals surface area contributed by atoms with Gasteiger partial charge in [0, 0.05) is 43.8 Å². The number of likely N-dealkylation sites (tertiary alicyclic amines) is 2. The molecule has 3 heterocycles. The monoisotopic (exact) mass is 426 g/mol. The molecule has 2 aliphatic heterocycles. The lowest BCUT2D eigenvalue weighted by Gasteiger charge is -2.47. The molecule has 3 aromatic carbocycles. The van der Waals surface area contributed by atoms with Crippen molar-refractivity contribution in [1.82, 2.24) is 19.4 Å². The van der Waals surface area contributed by atoms with Crippen molar-refractivity contribution >= 4 is 27.7 Å². The molecule has 1 N–H and O–H groups in total. The number of nitrogens with one attached hydrogen (secondary N) is 1. The van der Waals surface area contributed by atoms with E-state index in [-0.39, 0.29) is 17.6 Å². The number of fused-ring (bicyclic) bond motifs is 2. The number of nitrogens with zero attached hydrogens (tertiary/aromatic N) is 3. The summed E-state index contributed by atoms with van der Waals surface area (Å²) in [6.07, 6.45) is 1.91. The lowest BCUT2D eigenvalue weighted by Crippen LogP contribution is -2.62. The van der Waals surface area contributed by atoms with E-state index in [0.29, 0.717) is 6.04 Å². The fourth-order valence-corrected chi connectivity index (χ4v) is 5.30. The Labute approximate surface area is 186 Å². The average Bonchev–Trinajstić information content (AvgIpc) is 3.14. The number of benzene rings is 3. The second-order valence-electron chi connectivity index (χ2n) is 9.01. The Hall–Kier alpha value is -3.38. The lowest BCUT2D eigenvalue weighted by molar-refractivity contribution is 0.0153. The van der Waals surface area contributed by atoms with Gasteiger partial charge in [0.2, 0.25) is 0 Å². The van der Waals surface area contributed by atoms with Crippen molar-refractivity contribution in [1.29, 1.82) is 0 Å². The van der Waals surface area contributed by atoms with Gasteiger partial charge in [0.05, 0.1) is 11.0 Å². The third kappa shape index (κ3) is 3.22. The van der Waals surface area contributed by atoms with Gasteiger partial charge in [0.1, 0.15) is 0 Å². The van der Waals surface area contributed by atoms with Crippen molar-refractivity contribution in [2.45, 2.75) is 24.9 Å². The number of para-hydroxylation sites is 2. The first kappa shape index (κ1) is 19.3. The number of H-pyrrole nitrogens is 1. The first-order valence-electron chi connectivity index (χ1n) is 11.4. The van der Waals surface area contributed by atoms with Crippen LogP contribution >= 0.6 is 0 Å². The summed E-state index contributed by atoms with van der Waals surface area (Å²) in [4.78, 5) is 32.9. The van der Waals surface area contributed by atoms with Gasteiger partial charge < -0.3 is 9.88 Å². The van der Waals surface area contributed by atoms with E-state index in [1.54, 1.807) is 0 Å². The van der Waals surface area contributed by atoms with Crippen molar-refractivity contribution in [3.8, 4) is 0 Å². The molecule has 32 heavy (non-hydrogen) atoms. The molecule has 2 saturated heterocycles. The molecule has 0 atom stereocenters. The van der Waals surface area contributed by atoms with Crippen LogP contribution in [0.1, 0.15) is 29.2 Å². The van der Waals surface area contributed by atoms with Gasteiger partial charge in [-0.05, 0) is 47.9 Å². The minimum atomic E-state index is -0.0135. The fourth-order valence-electron chi connectivity index (χ4n) is 5.30. The molecule has 0 saturated carbocycles. The summed E-state index contributed by atoms with van der Waals surface area (Å²) in [5.74, 6) is 0.118. The van der Waals surface area contributed by atoms with Crippen molar-refractivity contribution in [2.75, 3.05) is 26.2 Å². The second kappa shape index (κ2) is 7.64. The highest BCUT2D eigenvalue weighted by Crippen LogP contribution is 2.28. The minimum Gasteiger partial charge on any atom is -0.335 e. The molecule has 6 rings (SSSR count). The molecule has 1 amide bonds. The molecular formula is C26H26N4O2. The van der Waals surface area contributed by atoms with E-state index in [0.717, 1.165) is 66.4 Å². The smallest absolute Gasteiger partial charge is 0.326 e. The van der Waals surface area contributed by atoms with E-state index in [1.807, 2.05) is 70.1 Å². The van der Waals surface area contributed by atoms with Crippen LogP contribution < -0.4 is 5.69 Å². The van der Waals surface area contributed by atoms with Crippen LogP contribution in [0.4, 0.5) is 0 Å². The normalized spacial score (nSPS) is 18.3. The predicted molar refractivity (Wildman–Crippen MR) is 126 cm³/mol. The highest BCUT2D eigenvalue weighted by Gasteiger charge is 2.37.